The van der Waals surface area contributed by atoms with E-state index in [9.17, 15) is 0 Å². The smallest absolute Gasteiger partial charge is 0.0572 e. The first-order valence-electron chi connectivity index (χ1n) is 3.80. The molecule has 0 aliphatic carbocycles. The standard InChI is InChI=1S/C8H18OS/c1-5-7(2)10-8(3,4)6-9/h7,9H,5-6H2,1-4H3. The largest absolute Gasteiger partial charge is 0.395 e. The van der Waals surface area contributed by atoms with Gasteiger partial charge in [0.2, 0.25) is 0 Å². The zero-order valence-electron chi connectivity index (χ0n) is 7.35. The van der Waals surface area contributed by atoms with Crippen molar-refractivity contribution in [2.45, 2.75) is 44.1 Å². The molecule has 0 bridgehead atoms. The minimum absolute atomic E-state index is 0.0371. The summed E-state index contributed by atoms with van der Waals surface area (Å²) in [5.74, 6) is 0. The van der Waals surface area contributed by atoms with Gasteiger partial charge in [-0.2, -0.15) is 11.8 Å². The molecule has 1 N–H and O–H groups in total. The van der Waals surface area contributed by atoms with E-state index in [1.54, 1.807) is 0 Å². The summed E-state index contributed by atoms with van der Waals surface area (Å²) in [5.41, 5.74) is 0. The van der Waals surface area contributed by atoms with Crippen molar-refractivity contribution >= 4 is 11.8 Å². The molecule has 0 heterocycles. The lowest BCUT2D eigenvalue weighted by molar-refractivity contribution is 0.264. The molecule has 0 aromatic heterocycles. The van der Waals surface area contributed by atoms with Crippen LogP contribution in [0.15, 0.2) is 0 Å². The number of hydrogen-bond acceptors (Lipinski definition) is 2. The van der Waals surface area contributed by atoms with Gasteiger partial charge in [-0.1, -0.05) is 13.8 Å². The summed E-state index contributed by atoms with van der Waals surface area (Å²) < 4.78 is 0.0371. The molecule has 0 radical (unpaired) electrons. The molecule has 0 saturated carbocycles. The summed E-state index contributed by atoms with van der Waals surface area (Å²) in [6.07, 6.45) is 1.17. The second-order valence-corrected chi connectivity index (χ2v) is 5.40. The summed E-state index contributed by atoms with van der Waals surface area (Å²) in [6, 6.07) is 0. The average molecular weight is 162 g/mol. The highest BCUT2D eigenvalue weighted by molar-refractivity contribution is 8.01. The van der Waals surface area contributed by atoms with Gasteiger partial charge >= 0.3 is 0 Å². The molecule has 0 rings (SSSR count). The first-order chi connectivity index (χ1) is 4.52. The molecule has 1 atom stereocenters. The van der Waals surface area contributed by atoms with Gasteiger partial charge in [0.15, 0.2) is 0 Å². The van der Waals surface area contributed by atoms with E-state index in [2.05, 4.69) is 27.7 Å². The van der Waals surface area contributed by atoms with Crippen molar-refractivity contribution in [3.8, 4) is 0 Å². The highest BCUT2D eigenvalue weighted by Crippen LogP contribution is 2.29. The van der Waals surface area contributed by atoms with E-state index in [1.807, 2.05) is 11.8 Å². The van der Waals surface area contributed by atoms with Crippen LogP contribution in [0.4, 0.5) is 0 Å². The van der Waals surface area contributed by atoms with Crippen LogP contribution in [-0.4, -0.2) is 21.7 Å². The lowest BCUT2D eigenvalue weighted by Gasteiger charge is -2.24. The number of aliphatic hydroxyl groups is 1. The molecule has 1 unspecified atom stereocenters. The number of hydrogen-bond donors (Lipinski definition) is 1. The van der Waals surface area contributed by atoms with Gasteiger partial charge in [0.25, 0.3) is 0 Å². The Morgan fingerprint density at radius 1 is 1.50 bits per heavy atom. The van der Waals surface area contributed by atoms with Gasteiger partial charge in [0, 0.05) is 10.00 Å². The average Bonchev–Trinajstić information content (AvgIpc) is 1.87. The Hall–Kier alpha value is 0.310. The fourth-order valence-electron chi connectivity index (χ4n) is 0.665. The number of thioether (sulfide) groups is 1. The van der Waals surface area contributed by atoms with E-state index in [4.69, 9.17) is 5.11 Å². The lowest BCUT2D eigenvalue weighted by Crippen LogP contribution is -2.22. The number of aliphatic hydroxyl groups excluding tert-OH is 1. The van der Waals surface area contributed by atoms with Crippen LogP contribution in [0.2, 0.25) is 0 Å². The van der Waals surface area contributed by atoms with Gasteiger partial charge < -0.3 is 5.11 Å². The molecule has 0 saturated heterocycles. The third-order valence-electron chi connectivity index (χ3n) is 1.48. The SMILES string of the molecule is CCC(C)SC(C)(C)CO. The zero-order valence-corrected chi connectivity index (χ0v) is 8.16. The molecule has 0 aromatic carbocycles. The summed E-state index contributed by atoms with van der Waals surface area (Å²) >= 11 is 1.85. The minimum Gasteiger partial charge on any atom is -0.395 e. The van der Waals surface area contributed by atoms with Gasteiger partial charge in [-0.25, -0.2) is 0 Å². The van der Waals surface area contributed by atoms with Crippen LogP contribution in [0, 0.1) is 0 Å². The highest BCUT2D eigenvalue weighted by atomic mass is 32.2. The topological polar surface area (TPSA) is 20.2 Å². The molecule has 0 amide bonds. The maximum atomic E-state index is 8.92. The summed E-state index contributed by atoms with van der Waals surface area (Å²) in [6.45, 7) is 8.78. The van der Waals surface area contributed by atoms with Crippen molar-refractivity contribution in [1.29, 1.82) is 0 Å². The maximum absolute atomic E-state index is 8.92. The normalized spacial score (nSPS) is 15.3. The molecule has 0 aliphatic rings. The van der Waals surface area contributed by atoms with E-state index in [1.165, 1.54) is 6.42 Å². The van der Waals surface area contributed by atoms with Crippen molar-refractivity contribution in [1.82, 2.24) is 0 Å². The Morgan fingerprint density at radius 2 is 2.00 bits per heavy atom. The van der Waals surface area contributed by atoms with Crippen LogP contribution in [0.5, 0.6) is 0 Å². The van der Waals surface area contributed by atoms with Crippen molar-refractivity contribution in [3.05, 3.63) is 0 Å². The predicted octanol–water partition coefficient (Wildman–Crippen LogP) is 2.29. The molecule has 2 heteroatoms. The van der Waals surface area contributed by atoms with E-state index in [0.717, 1.165) is 0 Å². The Bertz CT molecular complexity index is 91.3. The molecular weight excluding hydrogens is 144 g/mol. The molecule has 0 aromatic rings. The maximum Gasteiger partial charge on any atom is 0.0572 e. The summed E-state index contributed by atoms with van der Waals surface area (Å²) in [4.78, 5) is 0. The van der Waals surface area contributed by atoms with Crippen LogP contribution in [-0.2, 0) is 0 Å². The Kier molecular flexibility index (Phi) is 4.37. The van der Waals surface area contributed by atoms with E-state index in [-0.39, 0.29) is 11.4 Å². The van der Waals surface area contributed by atoms with Crippen molar-refractivity contribution < 1.29 is 5.11 Å². The first-order valence-corrected chi connectivity index (χ1v) is 4.68. The van der Waals surface area contributed by atoms with Gasteiger partial charge in [0.1, 0.15) is 0 Å². The monoisotopic (exact) mass is 162 g/mol. The van der Waals surface area contributed by atoms with Crippen molar-refractivity contribution in [2.75, 3.05) is 6.61 Å². The fourth-order valence-corrected chi connectivity index (χ4v) is 2.00. The lowest BCUT2D eigenvalue weighted by atomic mass is 10.2. The molecule has 0 fully saturated rings. The van der Waals surface area contributed by atoms with E-state index < -0.39 is 0 Å². The Morgan fingerprint density at radius 3 is 2.30 bits per heavy atom. The van der Waals surface area contributed by atoms with Crippen molar-refractivity contribution in [2.24, 2.45) is 0 Å². The Balaban J connectivity index is 3.64. The minimum atomic E-state index is 0.0371. The van der Waals surface area contributed by atoms with Gasteiger partial charge in [-0.15, -0.1) is 0 Å². The molecule has 0 spiro atoms. The van der Waals surface area contributed by atoms with Gasteiger partial charge in [-0.3, -0.25) is 0 Å². The number of rotatable bonds is 4. The molecule has 1 nitrogen and oxygen atoms in total. The van der Waals surface area contributed by atoms with Crippen LogP contribution >= 0.6 is 11.8 Å². The quantitative estimate of drug-likeness (QED) is 0.684. The van der Waals surface area contributed by atoms with E-state index >= 15 is 0 Å². The second-order valence-electron chi connectivity index (χ2n) is 3.25. The molecule has 62 valence electrons. The predicted molar refractivity (Wildman–Crippen MR) is 48.5 cm³/mol. The third-order valence-corrected chi connectivity index (χ3v) is 2.98. The first kappa shape index (κ1) is 10.3. The highest BCUT2D eigenvalue weighted by Gasteiger charge is 2.19. The van der Waals surface area contributed by atoms with Gasteiger partial charge in [-0.05, 0) is 20.3 Å². The van der Waals surface area contributed by atoms with Crippen molar-refractivity contribution in [3.63, 3.8) is 0 Å². The fraction of sp³-hybridized carbons (Fsp3) is 1.00. The summed E-state index contributed by atoms with van der Waals surface area (Å²) in [5, 5.41) is 9.57. The second kappa shape index (κ2) is 4.24. The van der Waals surface area contributed by atoms with Crippen LogP contribution in [0.3, 0.4) is 0 Å². The molecular formula is C8H18OS. The third kappa shape index (κ3) is 4.18. The molecule has 10 heavy (non-hydrogen) atoms. The van der Waals surface area contributed by atoms with Crippen LogP contribution in [0.1, 0.15) is 34.1 Å². The summed E-state index contributed by atoms with van der Waals surface area (Å²) in [7, 11) is 0. The van der Waals surface area contributed by atoms with E-state index in [0.29, 0.717) is 5.25 Å². The zero-order chi connectivity index (χ0) is 8.20. The Labute approximate surface area is 68.2 Å². The van der Waals surface area contributed by atoms with Crippen LogP contribution in [0.25, 0.3) is 0 Å². The van der Waals surface area contributed by atoms with Crippen LogP contribution < -0.4 is 0 Å². The van der Waals surface area contributed by atoms with Gasteiger partial charge in [0.05, 0.1) is 6.61 Å². The molecule has 0 aliphatic heterocycles.